The van der Waals surface area contributed by atoms with Crippen molar-refractivity contribution < 1.29 is 9.47 Å². The molecule has 0 spiro atoms. The van der Waals surface area contributed by atoms with Gasteiger partial charge in [-0.2, -0.15) is 9.61 Å². The number of rotatable bonds is 3. The zero-order valence-electron chi connectivity index (χ0n) is 11.8. The quantitative estimate of drug-likeness (QED) is 0.911. The summed E-state index contributed by atoms with van der Waals surface area (Å²) in [5.74, 6) is 0.823. The van der Waals surface area contributed by atoms with Crippen molar-refractivity contribution in [3.63, 3.8) is 0 Å². The monoisotopic (exact) mass is 309 g/mol. The van der Waals surface area contributed by atoms with Gasteiger partial charge in [-0.25, -0.2) is 0 Å². The zero-order valence-corrected chi connectivity index (χ0v) is 12.6. The maximum Gasteiger partial charge on any atom is 0.234 e. The van der Waals surface area contributed by atoms with E-state index in [4.69, 9.17) is 20.3 Å². The molecule has 8 heteroatoms. The highest BCUT2D eigenvalue weighted by Gasteiger charge is 2.37. The lowest BCUT2D eigenvalue weighted by Crippen LogP contribution is -2.40. The van der Waals surface area contributed by atoms with Crippen molar-refractivity contribution in [1.82, 2.24) is 19.8 Å². The van der Waals surface area contributed by atoms with Gasteiger partial charge in [0.2, 0.25) is 4.96 Å². The molecule has 4 heterocycles. The summed E-state index contributed by atoms with van der Waals surface area (Å²) in [6, 6.07) is 0. The minimum absolute atomic E-state index is 0.0264. The molecule has 21 heavy (non-hydrogen) atoms. The maximum atomic E-state index is 6.06. The second kappa shape index (κ2) is 5.28. The largest absolute Gasteiger partial charge is 0.381 e. The van der Waals surface area contributed by atoms with E-state index in [0.717, 1.165) is 61.3 Å². The zero-order chi connectivity index (χ0) is 14.3. The Kier molecular flexibility index (Phi) is 3.41. The van der Waals surface area contributed by atoms with Crippen molar-refractivity contribution in [2.75, 3.05) is 26.4 Å². The highest BCUT2D eigenvalue weighted by Crippen LogP contribution is 2.37. The van der Waals surface area contributed by atoms with Crippen LogP contribution in [-0.2, 0) is 14.9 Å². The Hall–Kier alpha value is -1.09. The van der Waals surface area contributed by atoms with E-state index in [1.807, 2.05) is 4.52 Å². The van der Waals surface area contributed by atoms with Crippen LogP contribution >= 0.6 is 11.3 Å². The standard InChI is InChI=1S/C13H19N5O2S/c14-8-13(3-6-19-7-4-13)11-17-18-10(9-2-1-5-20-9)15-16-12(18)21-11/h9H,1-8,14H2. The van der Waals surface area contributed by atoms with Crippen LogP contribution in [-0.4, -0.2) is 46.2 Å². The van der Waals surface area contributed by atoms with Gasteiger partial charge in [0.05, 0.1) is 0 Å². The average Bonchev–Trinajstić information content (AvgIpc) is 3.23. The van der Waals surface area contributed by atoms with Crippen LogP contribution in [0.3, 0.4) is 0 Å². The van der Waals surface area contributed by atoms with E-state index in [2.05, 4.69) is 10.2 Å². The predicted octanol–water partition coefficient (Wildman–Crippen LogP) is 1.04. The summed E-state index contributed by atoms with van der Waals surface area (Å²) < 4.78 is 13.0. The summed E-state index contributed by atoms with van der Waals surface area (Å²) in [6.45, 7) is 2.88. The number of ether oxygens (including phenoxy) is 2. The molecule has 2 aliphatic rings. The van der Waals surface area contributed by atoms with Crippen molar-refractivity contribution in [3.05, 3.63) is 10.8 Å². The third-order valence-corrected chi connectivity index (χ3v) is 5.67. The Bertz CT molecular complexity index is 628. The Morgan fingerprint density at radius 1 is 1.29 bits per heavy atom. The van der Waals surface area contributed by atoms with Crippen LogP contribution in [0.5, 0.6) is 0 Å². The second-order valence-corrected chi connectivity index (χ2v) is 6.71. The Labute approximate surface area is 126 Å². The summed E-state index contributed by atoms with van der Waals surface area (Å²) in [6.07, 6.45) is 3.93. The number of aromatic nitrogens is 4. The third-order valence-electron chi connectivity index (χ3n) is 4.53. The molecule has 0 saturated carbocycles. The van der Waals surface area contributed by atoms with Gasteiger partial charge in [0.25, 0.3) is 0 Å². The van der Waals surface area contributed by atoms with Crippen molar-refractivity contribution in [2.24, 2.45) is 5.73 Å². The lowest BCUT2D eigenvalue weighted by molar-refractivity contribution is 0.0524. The Morgan fingerprint density at radius 2 is 2.14 bits per heavy atom. The first-order chi connectivity index (χ1) is 10.3. The molecule has 1 unspecified atom stereocenters. The van der Waals surface area contributed by atoms with E-state index in [9.17, 15) is 0 Å². The molecule has 2 saturated heterocycles. The van der Waals surface area contributed by atoms with Gasteiger partial charge in [0.1, 0.15) is 11.1 Å². The van der Waals surface area contributed by atoms with Crippen LogP contribution in [0, 0.1) is 0 Å². The summed E-state index contributed by atoms with van der Waals surface area (Å²) in [7, 11) is 0. The third kappa shape index (κ3) is 2.17. The van der Waals surface area contributed by atoms with Gasteiger partial charge in [-0.1, -0.05) is 11.3 Å². The van der Waals surface area contributed by atoms with Crippen molar-refractivity contribution >= 4 is 16.3 Å². The number of fused-ring (bicyclic) bond motifs is 1. The molecule has 114 valence electrons. The molecule has 4 rings (SSSR count). The molecule has 2 aromatic rings. The SMILES string of the molecule is NCC1(c2nn3c(C4CCCO4)nnc3s2)CCOCC1. The molecule has 0 aromatic carbocycles. The highest BCUT2D eigenvalue weighted by atomic mass is 32.1. The fourth-order valence-corrected chi connectivity index (χ4v) is 4.20. The molecule has 0 amide bonds. The van der Waals surface area contributed by atoms with Crippen molar-refractivity contribution in [2.45, 2.75) is 37.2 Å². The van der Waals surface area contributed by atoms with Gasteiger partial charge in [-0.05, 0) is 25.7 Å². The Balaban J connectivity index is 1.73. The molecule has 0 bridgehead atoms. The van der Waals surface area contributed by atoms with E-state index in [1.54, 1.807) is 11.3 Å². The molecule has 7 nitrogen and oxygen atoms in total. The first kappa shape index (κ1) is 13.6. The lowest BCUT2D eigenvalue weighted by Gasteiger charge is -2.33. The highest BCUT2D eigenvalue weighted by molar-refractivity contribution is 7.16. The number of nitrogens with two attached hydrogens (primary N) is 1. The van der Waals surface area contributed by atoms with Gasteiger partial charge >= 0.3 is 0 Å². The van der Waals surface area contributed by atoms with Crippen LogP contribution < -0.4 is 5.73 Å². The second-order valence-electron chi connectivity index (χ2n) is 5.76. The Morgan fingerprint density at radius 3 is 2.86 bits per heavy atom. The van der Waals surface area contributed by atoms with Gasteiger partial charge in [-0.15, -0.1) is 10.2 Å². The molecule has 2 N–H and O–H groups in total. The number of hydrogen-bond donors (Lipinski definition) is 1. The maximum absolute atomic E-state index is 6.06. The van der Waals surface area contributed by atoms with Crippen LogP contribution in [0.1, 0.15) is 42.6 Å². The summed E-state index contributed by atoms with van der Waals surface area (Å²) in [5.41, 5.74) is 5.99. The van der Waals surface area contributed by atoms with Gasteiger partial charge < -0.3 is 15.2 Å². The van der Waals surface area contributed by atoms with Crippen molar-refractivity contribution in [1.29, 1.82) is 0 Å². The molecule has 1 atom stereocenters. The lowest BCUT2D eigenvalue weighted by atomic mass is 9.81. The fraction of sp³-hybridized carbons (Fsp3) is 0.769. The van der Waals surface area contributed by atoms with Crippen molar-refractivity contribution in [3.8, 4) is 0 Å². The number of nitrogens with zero attached hydrogens (tertiary/aromatic N) is 4. The fourth-order valence-electron chi connectivity index (χ4n) is 3.10. The molecule has 2 aromatic heterocycles. The van der Waals surface area contributed by atoms with Crippen LogP contribution in [0.25, 0.3) is 4.96 Å². The molecule has 2 fully saturated rings. The normalized spacial score (nSPS) is 25.7. The minimum atomic E-state index is -0.0720. The topological polar surface area (TPSA) is 87.6 Å². The molecular weight excluding hydrogens is 290 g/mol. The van der Waals surface area contributed by atoms with E-state index >= 15 is 0 Å². The molecule has 0 radical (unpaired) electrons. The predicted molar refractivity (Wildman–Crippen MR) is 77.4 cm³/mol. The summed E-state index contributed by atoms with van der Waals surface area (Å²) >= 11 is 1.59. The number of hydrogen-bond acceptors (Lipinski definition) is 7. The van der Waals surface area contributed by atoms with Gasteiger partial charge in [0, 0.05) is 31.8 Å². The van der Waals surface area contributed by atoms with Crippen LogP contribution in [0.2, 0.25) is 0 Å². The minimum Gasteiger partial charge on any atom is -0.381 e. The van der Waals surface area contributed by atoms with Crippen LogP contribution in [0.15, 0.2) is 0 Å². The van der Waals surface area contributed by atoms with E-state index < -0.39 is 0 Å². The van der Waals surface area contributed by atoms with Crippen LogP contribution in [0.4, 0.5) is 0 Å². The molecule has 0 aliphatic carbocycles. The smallest absolute Gasteiger partial charge is 0.234 e. The van der Waals surface area contributed by atoms with Gasteiger partial charge in [-0.3, -0.25) is 0 Å². The summed E-state index contributed by atoms with van der Waals surface area (Å²) in [4.78, 5) is 0.829. The van der Waals surface area contributed by atoms with Gasteiger partial charge in [0.15, 0.2) is 5.82 Å². The van der Waals surface area contributed by atoms with E-state index in [1.165, 1.54) is 0 Å². The first-order valence-electron chi connectivity index (χ1n) is 7.44. The summed E-state index contributed by atoms with van der Waals surface area (Å²) in [5, 5.41) is 14.3. The van der Waals surface area contributed by atoms with E-state index in [0.29, 0.717) is 6.54 Å². The molecular formula is C13H19N5O2S. The average molecular weight is 309 g/mol. The first-order valence-corrected chi connectivity index (χ1v) is 8.26. The van der Waals surface area contributed by atoms with E-state index in [-0.39, 0.29) is 11.5 Å². The molecule has 2 aliphatic heterocycles.